The molecule has 1 N–H and O–H groups in total. The van der Waals surface area contributed by atoms with Crippen molar-refractivity contribution in [1.82, 2.24) is 14.9 Å². The quantitative estimate of drug-likeness (QED) is 0.745. The van der Waals surface area contributed by atoms with E-state index in [9.17, 15) is 13.4 Å². The molecule has 0 radical (unpaired) electrons. The van der Waals surface area contributed by atoms with Crippen LogP contribution in [-0.4, -0.2) is 43.1 Å². The van der Waals surface area contributed by atoms with Gasteiger partial charge < -0.3 is 0 Å². The van der Waals surface area contributed by atoms with Gasteiger partial charge in [-0.1, -0.05) is 22.0 Å². The van der Waals surface area contributed by atoms with E-state index < -0.39 is 5.82 Å². The minimum Gasteiger partial charge on any atom is -0.293 e. The molecule has 0 unspecified atom stereocenters. The van der Waals surface area contributed by atoms with Crippen LogP contribution in [0.5, 0.6) is 0 Å². The summed E-state index contributed by atoms with van der Waals surface area (Å²) >= 11 is 3.89. The number of halogens is 2. The molecule has 1 fully saturated rings. The summed E-state index contributed by atoms with van der Waals surface area (Å²) in [7, 11) is 0. The second-order valence-electron chi connectivity index (χ2n) is 6.49. The average Bonchev–Trinajstić information content (AvgIpc) is 3.38. The van der Waals surface area contributed by atoms with E-state index in [2.05, 4.69) is 37.3 Å². The van der Waals surface area contributed by atoms with E-state index in [1.54, 1.807) is 0 Å². The highest BCUT2D eigenvalue weighted by Crippen LogP contribution is 2.52. The molecule has 9 heteroatoms. The number of carbonyl (C=O) groups excluding carboxylic acids is 1. The molecule has 6 nitrogen and oxygen atoms in total. The smallest absolute Gasteiger partial charge is 0.241 e. The van der Waals surface area contributed by atoms with Crippen LogP contribution >= 0.6 is 15.9 Å². The zero-order valence-electron chi connectivity index (χ0n) is 13.5. The molecule has 1 amide bonds. The fraction of sp³-hybridized carbons (Fsp3) is 0.294. The zero-order chi connectivity index (χ0) is 18.3. The predicted molar refractivity (Wildman–Crippen MR) is 99.5 cm³/mol. The van der Waals surface area contributed by atoms with Gasteiger partial charge in [0, 0.05) is 22.0 Å². The Kier molecular flexibility index (Phi) is 4.45. The Morgan fingerprint density at radius 3 is 2.73 bits per heavy atom. The molecular formula is C17H14BrFN4O2S. The highest BCUT2D eigenvalue weighted by molar-refractivity contribution is 9.10. The molecule has 1 aromatic carbocycles. The summed E-state index contributed by atoms with van der Waals surface area (Å²) in [6, 6.07) is 5.90. The summed E-state index contributed by atoms with van der Waals surface area (Å²) in [5.41, 5.74) is 2.07. The van der Waals surface area contributed by atoms with Crippen molar-refractivity contribution in [2.24, 2.45) is 0 Å². The largest absolute Gasteiger partial charge is 0.293 e. The Bertz CT molecular complexity index is 942. The second-order valence-corrected chi connectivity index (χ2v) is 7.96. The fourth-order valence-electron chi connectivity index (χ4n) is 3.35. The van der Waals surface area contributed by atoms with E-state index in [-0.39, 0.29) is 23.8 Å². The number of aromatic nitrogens is 2. The SMILES string of the molecule is O=S=C1c2ccc(Br)cc2C2(CC2)CN1CC(=O)Nc1ncc(F)cn1. The van der Waals surface area contributed by atoms with E-state index in [1.807, 2.05) is 17.0 Å². The topological polar surface area (TPSA) is 75.2 Å². The lowest BCUT2D eigenvalue weighted by Crippen LogP contribution is -2.47. The summed E-state index contributed by atoms with van der Waals surface area (Å²) in [6.45, 7) is 0.640. The number of fused-ring (bicyclic) bond motifs is 2. The van der Waals surface area contributed by atoms with Gasteiger partial charge in [-0.3, -0.25) is 15.0 Å². The minimum atomic E-state index is -0.573. The molecule has 0 saturated heterocycles. The van der Waals surface area contributed by atoms with Gasteiger partial charge in [0.1, 0.15) is 16.2 Å². The van der Waals surface area contributed by atoms with Crippen LogP contribution in [0.1, 0.15) is 24.0 Å². The van der Waals surface area contributed by atoms with Crippen molar-refractivity contribution >= 4 is 44.0 Å². The second kappa shape index (κ2) is 6.64. The Morgan fingerprint density at radius 1 is 1.35 bits per heavy atom. The first-order valence-corrected chi connectivity index (χ1v) is 9.54. The third-order valence-electron chi connectivity index (χ3n) is 4.70. The van der Waals surface area contributed by atoms with E-state index in [4.69, 9.17) is 0 Å². The van der Waals surface area contributed by atoms with Crippen LogP contribution in [0, 0.1) is 5.82 Å². The Hall–Kier alpha value is -1.97. The van der Waals surface area contributed by atoms with Crippen molar-refractivity contribution in [2.45, 2.75) is 18.3 Å². The Morgan fingerprint density at radius 2 is 2.08 bits per heavy atom. The number of hydrogen-bond acceptors (Lipinski definition) is 4. The molecule has 2 aromatic rings. The van der Waals surface area contributed by atoms with Gasteiger partial charge >= 0.3 is 0 Å². The van der Waals surface area contributed by atoms with Crippen molar-refractivity contribution in [3.8, 4) is 0 Å². The van der Waals surface area contributed by atoms with Crippen LogP contribution in [0.25, 0.3) is 0 Å². The maximum absolute atomic E-state index is 12.9. The van der Waals surface area contributed by atoms with Gasteiger partial charge in [-0.2, -0.15) is 0 Å². The number of anilines is 1. The van der Waals surface area contributed by atoms with Crippen LogP contribution in [-0.2, 0) is 21.5 Å². The summed E-state index contributed by atoms with van der Waals surface area (Å²) in [4.78, 5) is 22.2. The van der Waals surface area contributed by atoms with Crippen molar-refractivity contribution in [3.05, 3.63) is 52.0 Å². The lowest BCUT2D eigenvalue weighted by Gasteiger charge is -2.34. The van der Waals surface area contributed by atoms with Crippen LogP contribution in [0.2, 0.25) is 0 Å². The van der Waals surface area contributed by atoms with Crippen molar-refractivity contribution in [1.29, 1.82) is 0 Å². The van der Waals surface area contributed by atoms with Gasteiger partial charge in [-0.05, 0) is 30.5 Å². The molecule has 4 rings (SSSR count). The third kappa shape index (κ3) is 3.22. The summed E-state index contributed by atoms with van der Waals surface area (Å²) < 4.78 is 25.6. The molecule has 2 aliphatic rings. The predicted octanol–water partition coefficient (Wildman–Crippen LogP) is 2.06. The van der Waals surface area contributed by atoms with Gasteiger partial charge in [0.15, 0.2) is 5.82 Å². The van der Waals surface area contributed by atoms with Crippen molar-refractivity contribution < 1.29 is 13.4 Å². The number of rotatable bonds is 3. The first-order chi connectivity index (χ1) is 12.5. The van der Waals surface area contributed by atoms with E-state index in [1.165, 1.54) is 5.56 Å². The number of nitrogens with one attached hydrogen (secondary N) is 1. The van der Waals surface area contributed by atoms with Crippen LogP contribution in [0.15, 0.2) is 35.1 Å². The maximum Gasteiger partial charge on any atom is 0.241 e. The van der Waals surface area contributed by atoms with E-state index >= 15 is 0 Å². The maximum atomic E-state index is 12.9. The highest BCUT2D eigenvalue weighted by Gasteiger charge is 2.51. The molecule has 1 saturated carbocycles. The number of carbonyl (C=O) groups is 1. The number of benzene rings is 1. The van der Waals surface area contributed by atoms with Crippen LogP contribution in [0.4, 0.5) is 10.3 Å². The molecule has 0 atom stereocenters. The molecule has 2 heterocycles. The standard InChI is InChI=1S/C17H14BrFN4O2S/c18-10-1-2-12-13(5-10)17(3-4-17)9-23(15(12)26-25)8-14(24)22-16-20-6-11(19)7-21-16/h1-2,5-7H,3-4,8-9H2,(H,20,21,22,24). The molecule has 26 heavy (non-hydrogen) atoms. The van der Waals surface area contributed by atoms with Gasteiger partial charge in [-0.15, -0.1) is 0 Å². The van der Waals surface area contributed by atoms with Gasteiger partial charge in [0.2, 0.25) is 11.9 Å². The number of amides is 1. The molecule has 1 aliphatic carbocycles. The van der Waals surface area contributed by atoms with Gasteiger partial charge in [0.25, 0.3) is 0 Å². The molecule has 1 aliphatic heterocycles. The fourth-order valence-corrected chi connectivity index (χ4v) is 4.22. The molecule has 1 aromatic heterocycles. The average molecular weight is 437 g/mol. The summed E-state index contributed by atoms with van der Waals surface area (Å²) in [5, 5.41) is 2.54. The van der Waals surface area contributed by atoms with Crippen LogP contribution < -0.4 is 5.32 Å². The lowest BCUT2D eigenvalue weighted by molar-refractivity contribution is -0.116. The monoisotopic (exact) mass is 436 g/mol. The third-order valence-corrected chi connectivity index (χ3v) is 5.83. The molecule has 1 spiro atoms. The Balaban J connectivity index is 1.57. The summed E-state index contributed by atoms with van der Waals surface area (Å²) in [5.74, 6) is -0.884. The highest BCUT2D eigenvalue weighted by atomic mass is 79.9. The first-order valence-electron chi connectivity index (χ1n) is 8.00. The molecule has 134 valence electrons. The lowest BCUT2D eigenvalue weighted by atomic mass is 9.87. The van der Waals surface area contributed by atoms with Crippen molar-refractivity contribution in [3.63, 3.8) is 0 Å². The van der Waals surface area contributed by atoms with Gasteiger partial charge in [-0.25, -0.2) is 18.6 Å². The van der Waals surface area contributed by atoms with Crippen LogP contribution in [0.3, 0.4) is 0 Å². The number of hydrogen-bond donors (Lipinski definition) is 1. The number of nitrogens with zero attached hydrogens (tertiary/aromatic N) is 3. The van der Waals surface area contributed by atoms with E-state index in [0.29, 0.717) is 22.8 Å². The van der Waals surface area contributed by atoms with Crippen molar-refractivity contribution in [2.75, 3.05) is 18.4 Å². The normalized spacial score (nSPS) is 17.7. The summed E-state index contributed by atoms with van der Waals surface area (Å²) in [6.07, 6.45) is 4.04. The Labute approximate surface area is 161 Å². The first kappa shape index (κ1) is 17.4. The van der Waals surface area contributed by atoms with E-state index in [0.717, 1.165) is 35.3 Å². The van der Waals surface area contributed by atoms with Gasteiger partial charge in [0.05, 0.1) is 18.9 Å². The zero-order valence-corrected chi connectivity index (χ0v) is 15.9. The molecular weight excluding hydrogens is 423 g/mol. The molecule has 0 bridgehead atoms. The minimum absolute atomic E-state index is 0.00496.